The molecule has 3 nitrogen and oxygen atoms in total. The maximum Gasteiger partial charge on any atom is 0.345 e. The van der Waals surface area contributed by atoms with Gasteiger partial charge in [-0.1, -0.05) is 11.6 Å². The Morgan fingerprint density at radius 2 is 2.36 bits per heavy atom. The fourth-order valence-electron chi connectivity index (χ4n) is 1.42. The van der Waals surface area contributed by atoms with Crippen LogP contribution in [0.2, 0.25) is 5.02 Å². The van der Waals surface area contributed by atoms with E-state index in [1.54, 1.807) is 12.1 Å². The zero-order valence-corrected chi connectivity index (χ0v) is 9.87. The number of carboxylic acid groups (broad SMARTS) is 1. The van der Waals surface area contributed by atoms with Crippen molar-refractivity contribution in [2.24, 2.45) is 0 Å². The Kier molecular flexibility index (Phi) is 2.57. The summed E-state index contributed by atoms with van der Waals surface area (Å²) < 4.78 is 6.14. The Morgan fingerprint density at radius 3 is 3.00 bits per heavy atom. The number of carboxylic acids is 1. The van der Waals surface area contributed by atoms with E-state index in [0.717, 1.165) is 9.13 Å². The number of aliphatic carboxylic acids is 1. The van der Waals surface area contributed by atoms with Gasteiger partial charge in [-0.3, -0.25) is 0 Å². The molecule has 0 bridgehead atoms. The van der Waals surface area contributed by atoms with Gasteiger partial charge in [0.05, 0.1) is 3.57 Å². The maximum absolute atomic E-state index is 10.7. The average molecular weight is 325 g/mol. The number of hydrogen-bond donors (Lipinski definition) is 1. The minimum atomic E-state index is -0.937. The summed E-state index contributed by atoms with van der Waals surface area (Å²) in [6.45, 7) is 0. The van der Waals surface area contributed by atoms with Crippen LogP contribution in [-0.4, -0.2) is 17.2 Å². The molecule has 2 rings (SSSR count). The van der Waals surface area contributed by atoms with Gasteiger partial charge in [0.1, 0.15) is 5.75 Å². The molecule has 0 amide bonds. The highest BCUT2D eigenvalue weighted by Gasteiger charge is 2.30. The topological polar surface area (TPSA) is 46.5 Å². The lowest BCUT2D eigenvalue weighted by atomic mass is 10.1. The molecule has 1 aliphatic rings. The Morgan fingerprint density at radius 1 is 1.64 bits per heavy atom. The predicted octanol–water partition coefficient (Wildman–Crippen LogP) is 2.33. The second-order valence-corrected chi connectivity index (χ2v) is 4.62. The van der Waals surface area contributed by atoms with Crippen molar-refractivity contribution >= 4 is 40.2 Å². The predicted molar refractivity (Wildman–Crippen MR) is 59.9 cm³/mol. The molecule has 14 heavy (non-hydrogen) atoms. The number of ether oxygens (including phenoxy) is 1. The lowest BCUT2D eigenvalue weighted by Gasteiger charge is -2.05. The molecule has 5 heteroatoms. The van der Waals surface area contributed by atoms with Gasteiger partial charge in [0.2, 0.25) is 0 Å². The zero-order valence-electron chi connectivity index (χ0n) is 6.96. The number of hydrogen-bond acceptors (Lipinski definition) is 2. The van der Waals surface area contributed by atoms with E-state index in [1.807, 2.05) is 0 Å². The lowest BCUT2D eigenvalue weighted by Crippen LogP contribution is -2.24. The summed E-state index contributed by atoms with van der Waals surface area (Å²) in [5.74, 6) is -0.282. The fourth-order valence-corrected chi connectivity index (χ4v) is 2.65. The largest absolute Gasteiger partial charge is 0.478 e. The van der Waals surface area contributed by atoms with Crippen molar-refractivity contribution in [2.45, 2.75) is 12.5 Å². The molecule has 74 valence electrons. The fraction of sp³-hybridized carbons (Fsp3) is 0.222. The number of rotatable bonds is 1. The Labute approximate surface area is 99.2 Å². The van der Waals surface area contributed by atoms with Gasteiger partial charge in [0.15, 0.2) is 6.10 Å². The molecule has 1 N–H and O–H groups in total. The number of carbonyl (C=O) groups is 1. The van der Waals surface area contributed by atoms with Crippen molar-refractivity contribution < 1.29 is 14.6 Å². The van der Waals surface area contributed by atoms with Gasteiger partial charge in [-0.15, -0.1) is 0 Å². The van der Waals surface area contributed by atoms with E-state index in [1.165, 1.54) is 0 Å². The Bertz CT molecular complexity index is 405. The molecule has 0 aromatic heterocycles. The molecule has 0 aliphatic carbocycles. The summed E-state index contributed by atoms with van der Waals surface area (Å²) in [5.41, 5.74) is 0.870. The quantitative estimate of drug-likeness (QED) is 0.807. The first-order chi connectivity index (χ1) is 6.58. The van der Waals surface area contributed by atoms with Crippen LogP contribution in [0.3, 0.4) is 0 Å². The summed E-state index contributed by atoms with van der Waals surface area (Å²) in [7, 11) is 0. The lowest BCUT2D eigenvalue weighted by molar-refractivity contribution is -0.144. The molecule has 0 fully saturated rings. The summed E-state index contributed by atoms with van der Waals surface area (Å²) in [6, 6.07) is 3.51. The van der Waals surface area contributed by atoms with Gasteiger partial charge >= 0.3 is 5.97 Å². The van der Waals surface area contributed by atoms with Crippen molar-refractivity contribution in [3.05, 3.63) is 26.3 Å². The van der Waals surface area contributed by atoms with Crippen LogP contribution in [0.15, 0.2) is 12.1 Å². The third-order valence-electron chi connectivity index (χ3n) is 2.03. The van der Waals surface area contributed by atoms with Crippen molar-refractivity contribution in [1.29, 1.82) is 0 Å². The minimum absolute atomic E-state index is 0.390. The van der Waals surface area contributed by atoms with Gasteiger partial charge in [-0.25, -0.2) is 4.79 Å². The van der Waals surface area contributed by atoms with Gasteiger partial charge in [0.25, 0.3) is 0 Å². The monoisotopic (exact) mass is 324 g/mol. The second-order valence-electron chi connectivity index (χ2n) is 3.02. The van der Waals surface area contributed by atoms with Crippen molar-refractivity contribution in [3.8, 4) is 5.75 Å². The molecule has 0 saturated heterocycles. The van der Waals surface area contributed by atoms with Crippen LogP contribution in [-0.2, 0) is 11.2 Å². The van der Waals surface area contributed by atoms with Crippen LogP contribution in [0, 0.1) is 3.57 Å². The number of benzene rings is 1. The first-order valence-electron chi connectivity index (χ1n) is 3.95. The molecular formula is C9H6ClIO3. The molecule has 1 atom stereocenters. The minimum Gasteiger partial charge on any atom is -0.478 e. The molecule has 1 aromatic carbocycles. The summed E-state index contributed by atoms with van der Waals surface area (Å²) in [6.07, 6.45) is -0.377. The maximum atomic E-state index is 10.7. The SMILES string of the molecule is O=C(O)[C@@H]1Cc2cc(Cl)cc(I)c2O1. The molecule has 1 aromatic rings. The van der Waals surface area contributed by atoms with Gasteiger partial charge in [-0.2, -0.15) is 0 Å². The van der Waals surface area contributed by atoms with E-state index in [9.17, 15) is 4.79 Å². The second kappa shape index (κ2) is 3.58. The molecule has 0 spiro atoms. The normalized spacial score (nSPS) is 18.9. The Balaban J connectivity index is 2.39. The van der Waals surface area contributed by atoms with Crippen molar-refractivity contribution in [1.82, 2.24) is 0 Å². The van der Waals surface area contributed by atoms with Gasteiger partial charge in [0, 0.05) is 17.0 Å². The summed E-state index contributed by atoms with van der Waals surface area (Å²) >= 11 is 7.93. The van der Waals surface area contributed by atoms with Crippen LogP contribution < -0.4 is 4.74 Å². The highest BCUT2D eigenvalue weighted by molar-refractivity contribution is 14.1. The van der Waals surface area contributed by atoms with E-state index in [4.69, 9.17) is 21.4 Å². The standard InChI is InChI=1S/C9H6ClIO3/c10-5-1-4-2-7(9(12)13)14-8(4)6(11)3-5/h1,3,7H,2H2,(H,12,13)/t7-/m0/s1. The smallest absolute Gasteiger partial charge is 0.345 e. The van der Waals surface area contributed by atoms with Gasteiger partial charge < -0.3 is 9.84 Å². The summed E-state index contributed by atoms with van der Waals surface area (Å²) in [4.78, 5) is 10.7. The summed E-state index contributed by atoms with van der Waals surface area (Å²) in [5, 5.41) is 9.40. The van der Waals surface area contributed by atoms with Crippen LogP contribution in [0.5, 0.6) is 5.75 Å². The van der Waals surface area contributed by atoms with Crippen LogP contribution in [0.1, 0.15) is 5.56 Å². The molecule has 1 aliphatic heterocycles. The van der Waals surface area contributed by atoms with Crippen molar-refractivity contribution in [3.63, 3.8) is 0 Å². The van der Waals surface area contributed by atoms with E-state index >= 15 is 0 Å². The van der Waals surface area contributed by atoms with E-state index in [0.29, 0.717) is 17.2 Å². The first kappa shape index (κ1) is 10.0. The third-order valence-corrected chi connectivity index (χ3v) is 3.05. The highest BCUT2D eigenvalue weighted by atomic mass is 127. The van der Waals surface area contributed by atoms with Crippen molar-refractivity contribution in [2.75, 3.05) is 0 Å². The van der Waals surface area contributed by atoms with Gasteiger partial charge in [-0.05, 0) is 34.7 Å². The highest BCUT2D eigenvalue weighted by Crippen LogP contribution is 2.35. The molecule has 1 heterocycles. The van der Waals surface area contributed by atoms with Crippen LogP contribution >= 0.6 is 34.2 Å². The molecule has 0 radical (unpaired) electrons. The number of fused-ring (bicyclic) bond motifs is 1. The van der Waals surface area contributed by atoms with E-state index in [-0.39, 0.29) is 0 Å². The average Bonchev–Trinajstić information content (AvgIpc) is 2.47. The Hall–Kier alpha value is -0.490. The van der Waals surface area contributed by atoms with E-state index in [2.05, 4.69) is 22.6 Å². The zero-order chi connectivity index (χ0) is 10.3. The third kappa shape index (κ3) is 1.68. The first-order valence-corrected chi connectivity index (χ1v) is 5.41. The van der Waals surface area contributed by atoms with Crippen LogP contribution in [0.25, 0.3) is 0 Å². The van der Waals surface area contributed by atoms with Crippen LogP contribution in [0.4, 0.5) is 0 Å². The van der Waals surface area contributed by atoms with E-state index < -0.39 is 12.1 Å². The number of halogens is 2. The molecule has 0 unspecified atom stereocenters. The molecule has 0 saturated carbocycles. The molecular weight excluding hydrogens is 318 g/mol.